The van der Waals surface area contributed by atoms with Crippen molar-refractivity contribution in [3.63, 3.8) is 0 Å². The number of nitrogens with one attached hydrogen (secondary N) is 1. The number of carbonyl (C=O) groups excluding carboxylic acids is 3. The van der Waals surface area contributed by atoms with E-state index in [0.717, 1.165) is 4.90 Å². The van der Waals surface area contributed by atoms with Crippen LogP contribution in [0.25, 0.3) is 0 Å². The SMILES string of the molecule is COc1ccc(S(=O)(=O)N2CCN(C(=O)CN3C(=O)NC4(CCOc5ccccc54)C3=O)CC2)cc1. The van der Waals surface area contributed by atoms with Crippen molar-refractivity contribution in [1.82, 2.24) is 19.4 Å². The number of para-hydroxylation sites is 1. The molecular weight excluding hydrogens is 488 g/mol. The molecule has 2 aromatic carbocycles. The lowest BCUT2D eigenvalue weighted by atomic mass is 9.84. The van der Waals surface area contributed by atoms with Crippen LogP contribution in [0, 0.1) is 0 Å². The summed E-state index contributed by atoms with van der Waals surface area (Å²) < 4.78 is 38.0. The van der Waals surface area contributed by atoms with E-state index >= 15 is 0 Å². The van der Waals surface area contributed by atoms with Crippen molar-refractivity contribution in [1.29, 1.82) is 0 Å². The van der Waals surface area contributed by atoms with Gasteiger partial charge in [-0.1, -0.05) is 18.2 Å². The van der Waals surface area contributed by atoms with E-state index in [9.17, 15) is 22.8 Å². The number of piperazine rings is 1. The third-order valence-electron chi connectivity index (χ3n) is 6.84. The van der Waals surface area contributed by atoms with E-state index in [-0.39, 0.29) is 44.1 Å². The maximum Gasteiger partial charge on any atom is 0.325 e. The highest BCUT2D eigenvalue weighted by Gasteiger charge is 2.55. The first-order chi connectivity index (χ1) is 17.3. The minimum absolute atomic E-state index is 0.106. The van der Waals surface area contributed by atoms with Crippen molar-refractivity contribution in [2.24, 2.45) is 0 Å². The second kappa shape index (κ2) is 9.10. The number of hydrogen-bond donors (Lipinski definition) is 1. The van der Waals surface area contributed by atoms with Gasteiger partial charge in [0.2, 0.25) is 15.9 Å². The maximum atomic E-state index is 13.4. The summed E-state index contributed by atoms with van der Waals surface area (Å²) in [5.74, 6) is 0.172. The quantitative estimate of drug-likeness (QED) is 0.584. The van der Waals surface area contributed by atoms with E-state index in [1.54, 1.807) is 36.4 Å². The Balaban J connectivity index is 1.24. The second-order valence-electron chi connectivity index (χ2n) is 8.78. The van der Waals surface area contributed by atoms with Gasteiger partial charge in [0.25, 0.3) is 5.91 Å². The molecule has 190 valence electrons. The number of urea groups is 1. The molecule has 1 atom stereocenters. The van der Waals surface area contributed by atoms with E-state index in [0.29, 0.717) is 17.1 Å². The summed E-state index contributed by atoms with van der Waals surface area (Å²) >= 11 is 0. The number of carbonyl (C=O) groups is 3. The van der Waals surface area contributed by atoms with Crippen LogP contribution in [0.4, 0.5) is 4.79 Å². The molecule has 5 rings (SSSR count). The number of nitrogens with zero attached hydrogens (tertiary/aromatic N) is 3. The lowest BCUT2D eigenvalue weighted by Crippen LogP contribution is -2.53. The molecule has 2 aromatic rings. The topological polar surface area (TPSA) is 126 Å². The number of sulfonamides is 1. The molecule has 2 saturated heterocycles. The molecule has 3 aliphatic heterocycles. The first-order valence-corrected chi connectivity index (χ1v) is 13.0. The Kier molecular flexibility index (Phi) is 6.08. The van der Waals surface area contributed by atoms with Crippen LogP contribution in [0.2, 0.25) is 0 Å². The van der Waals surface area contributed by atoms with Gasteiger partial charge >= 0.3 is 6.03 Å². The number of fused-ring (bicyclic) bond motifs is 2. The Labute approximate surface area is 208 Å². The number of benzene rings is 2. The zero-order valence-corrected chi connectivity index (χ0v) is 20.5. The van der Waals surface area contributed by atoms with Crippen LogP contribution < -0.4 is 14.8 Å². The standard InChI is InChI=1S/C24H26N4O7S/c1-34-17-6-8-18(9-7-17)36(32,33)27-13-11-26(12-14-27)21(29)16-28-22(30)24(25-23(28)31)10-15-35-20-5-3-2-4-19(20)24/h2-9H,10-16H2,1H3,(H,25,31). The van der Waals surface area contributed by atoms with E-state index < -0.39 is 40.0 Å². The molecule has 36 heavy (non-hydrogen) atoms. The fraction of sp³-hybridized carbons (Fsp3) is 0.375. The van der Waals surface area contributed by atoms with Crippen molar-refractivity contribution in [2.75, 3.05) is 46.4 Å². The Hall–Kier alpha value is -3.64. The molecule has 11 nitrogen and oxygen atoms in total. The van der Waals surface area contributed by atoms with Crippen LogP contribution in [0.1, 0.15) is 12.0 Å². The summed E-state index contributed by atoms with van der Waals surface area (Å²) in [6.45, 7) is 0.360. The molecule has 0 bridgehead atoms. The van der Waals surface area contributed by atoms with Crippen molar-refractivity contribution >= 4 is 27.9 Å². The smallest absolute Gasteiger partial charge is 0.325 e. The molecule has 3 heterocycles. The Morgan fingerprint density at radius 3 is 2.44 bits per heavy atom. The monoisotopic (exact) mass is 514 g/mol. The van der Waals surface area contributed by atoms with Crippen LogP contribution in [0.3, 0.4) is 0 Å². The number of amides is 4. The van der Waals surface area contributed by atoms with Gasteiger partial charge in [-0.05, 0) is 30.3 Å². The van der Waals surface area contributed by atoms with Crippen LogP contribution in [-0.4, -0.2) is 86.8 Å². The van der Waals surface area contributed by atoms with Crippen molar-refractivity contribution in [3.8, 4) is 11.5 Å². The highest BCUT2D eigenvalue weighted by atomic mass is 32.2. The average molecular weight is 515 g/mol. The van der Waals surface area contributed by atoms with E-state index in [1.807, 2.05) is 0 Å². The summed E-state index contributed by atoms with van der Waals surface area (Å²) in [4.78, 5) is 41.7. The fourth-order valence-corrected chi connectivity index (χ4v) is 6.25. The molecule has 12 heteroatoms. The molecule has 0 aromatic heterocycles. The first kappa shape index (κ1) is 24.1. The van der Waals surface area contributed by atoms with Gasteiger partial charge in [-0.2, -0.15) is 4.31 Å². The molecule has 4 amide bonds. The number of rotatable bonds is 5. The highest BCUT2D eigenvalue weighted by molar-refractivity contribution is 7.89. The van der Waals surface area contributed by atoms with Gasteiger partial charge in [0.15, 0.2) is 5.54 Å². The van der Waals surface area contributed by atoms with Crippen LogP contribution >= 0.6 is 0 Å². The summed E-state index contributed by atoms with van der Waals surface area (Å²) in [6.07, 6.45) is 0.265. The number of imide groups is 1. The van der Waals surface area contributed by atoms with Gasteiger partial charge in [-0.3, -0.25) is 14.5 Å². The summed E-state index contributed by atoms with van der Waals surface area (Å²) in [5.41, 5.74) is -0.681. The largest absolute Gasteiger partial charge is 0.497 e. The zero-order valence-electron chi connectivity index (χ0n) is 19.7. The third-order valence-corrected chi connectivity index (χ3v) is 8.75. The Morgan fingerprint density at radius 1 is 1.06 bits per heavy atom. The van der Waals surface area contributed by atoms with Crippen molar-refractivity contribution < 1.29 is 32.3 Å². The van der Waals surface area contributed by atoms with Gasteiger partial charge in [-0.25, -0.2) is 13.2 Å². The predicted octanol–water partition coefficient (Wildman–Crippen LogP) is 0.758. The molecule has 3 aliphatic rings. The first-order valence-electron chi connectivity index (χ1n) is 11.5. The van der Waals surface area contributed by atoms with E-state index in [2.05, 4.69) is 5.32 Å². The lowest BCUT2D eigenvalue weighted by molar-refractivity contribution is -0.140. The van der Waals surface area contributed by atoms with Crippen LogP contribution in [-0.2, 0) is 25.2 Å². The molecule has 1 unspecified atom stereocenters. The highest BCUT2D eigenvalue weighted by Crippen LogP contribution is 2.40. The van der Waals surface area contributed by atoms with Crippen LogP contribution in [0.5, 0.6) is 11.5 Å². The zero-order chi connectivity index (χ0) is 25.5. The Bertz CT molecular complexity index is 1310. The second-order valence-corrected chi connectivity index (χ2v) is 10.7. The van der Waals surface area contributed by atoms with Crippen LogP contribution in [0.15, 0.2) is 53.4 Å². The van der Waals surface area contributed by atoms with Gasteiger partial charge in [0.1, 0.15) is 18.0 Å². The normalized spacial score (nSPS) is 22.2. The van der Waals surface area contributed by atoms with Gasteiger partial charge < -0.3 is 19.7 Å². The minimum atomic E-state index is -3.72. The number of ether oxygens (including phenoxy) is 2. The molecular formula is C24H26N4O7S. The van der Waals surface area contributed by atoms with Gasteiger partial charge in [0, 0.05) is 38.2 Å². The molecule has 1 N–H and O–H groups in total. The Morgan fingerprint density at radius 2 is 1.75 bits per heavy atom. The third kappa shape index (κ3) is 3.95. The predicted molar refractivity (Wildman–Crippen MR) is 127 cm³/mol. The van der Waals surface area contributed by atoms with Gasteiger partial charge in [-0.15, -0.1) is 0 Å². The summed E-state index contributed by atoms with van der Waals surface area (Å²) in [5, 5.41) is 2.78. The lowest BCUT2D eigenvalue weighted by Gasteiger charge is -2.35. The van der Waals surface area contributed by atoms with E-state index in [1.165, 1.54) is 28.4 Å². The number of methoxy groups -OCH3 is 1. The number of hydrogen-bond acceptors (Lipinski definition) is 7. The molecule has 0 aliphatic carbocycles. The summed E-state index contributed by atoms with van der Waals surface area (Å²) in [6, 6.07) is 12.5. The molecule has 2 fully saturated rings. The minimum Gasteiger partial charge on any atom is -0.497 e. The molecule has 1 spiro atoms. The van der Waals surface area contributed by atoms with Gasteiger partial charge in [0.05, 0.1) is 18.6 Å². The fourth-order valence-electron chi connectivity index (χ4n) is 4.83. The van der Waals surface area contributed by atoms with Crippen molar-refractivity contribution in [3.05, 3.63) is 54.1 Å². The maximum absolute atomic E-state index is 13.4. The molecule has 0 radical (unpaired) electrons. The molecule has 0 saturated carbocycles. The summed E-state index contributed by atoms with van der Waals surface area (Å²) in [7, 11) is -2.22. The average Bonchev–Trinajstić information content (AvgIpc) is 3.13. The van der Waals surface area contributed by atoms with Crippen molar-refractivity contribution in [2.45, 2.75) is 16.9 Å². The van der Waals surface area contributed by atoms with E-state index in [4.69, 9.17) is 9.47 Å².